The zero-order chi connectivity index (χ0) is 11.6. The first-order valence-electron chi connectivity index (χ1n) is 6.77. The molecule has 0 saturated carbocycles. The van der Waals surface area contributed by atoms with E-state index >= 15 is 0 Å². The monoisotopic (exact) mass is 222 g/mol. The average Bonchev–Trinajstić information content (AvgIpc) is 2.81. The molecule has 2 nitrogen and oxygen atoms in total. The minimum atomic E-state index is 0.991. The Morgan fingerprint density at radius 2 is 1.75 bits per heavy atom. The Hall–Kier alpha value is -0.520. The molecule has 0 radical (unpaired) electrons. The van der Waals surface area contributed by atoms with Crippen molar-refractivity contribution in [1.29, 1.82) is 0 Å². The molecule has 0 aromatic rings. The molecule has 92 valence electrons. The molecular formula is C14H26N2. The summed E-state index contributed by atoms with van der Waals surface area (Å²) < 4.78 is 0. The summed E-state index contributed by atoms with van der Waals surface area (Å²) >= 11 is 0. The molecule has 1 aliphatic heterocycles. The first-order valence-corrected chi connectivity index (χ1v) is 6.77. The predicted octanol–water partition coefficient (Wildman–Crippen LogP) is 2.21. The lowest BCUT2D eigenvalue weighted by Crippen LogP contribution is -2.23. The van der Waals surface area contributed by atoms with E-state index in [2.05, 4.69) is 35.5 Å². The molecule has 0 N–H and O–H groups in total. The van der Waals surface area contributed by atoms with Crippen LogP contribution >= 0.6 is 0 Å². The largest absolute Gasteiger partial charge is 0.304 e. The summed E-state index contributed by atoms with van der Waals surface area (Å²) in [5, 5.41) is 0. The standard InChI is InChI=1S/C14H26N2/c1-3-15(4-2)11-7-5-6-8-12-16-13-9-10-14-16/h3-5,7,9-14H2,1-2H3. The van der Waals surface area contributed by atoms with Gasteiger partial charge in [-0.2, -0.15) is 0 Å². The maximum Gasteiger partial charge on any atom is 0.0601 e. The Morgan fingerprint density at radius 3 is 2.38 bits per heavy atom. The fraction of sp³-hybridized carbons (Fsp3) is 0.857. The number of likely N-dealkylation sites (tertiary alicyclic amines) is 1. The number of rotatable bonds is 6. The lowest BCUT2D eigenvalue weighted by atomic mass is 10.3. The van der Waals surface area contributed by atoms with Crippen molar-refractivity contribution in [3.05, 3.63) is 0 Å². The summed E-state index contributed by atoms with van der Waals surface area (Å²) in [5.41, 5.74) is 0. The van der Waals surface area contributed by atoms with E-state index in [1.165, 1.54) is 38.9 Å². The molecule has 0 aromatic carbocycles. The van der Waals surface area contributed by atoms with Crippen molar-refractivity contribution in [2.45, 2.75) is 39.5 Å². The van der Waals surface area contributed by atoms with Crippen molar-refractivity contribution in [2.75, 3.05) is 39.3 Å². The van der Waals surface area contributed by atoms with Crippen molar-refractivity contribution in [2.24, 2.45) is 0 Å². The summed E-state index contributed by atoms with van der Waals surface area (Å²) in [6.45, 7) is 11.5. The van der Waals surface area contributed by atoms with Crippen LogP contribution in [0.1, 0.15) is 39.5 Å². The van der Waals surface area contributed by atoms with Gasteiger partial charge >= 0.3 is 0 Å². The molecular weight excluding hydrogens is 196 g/mol. The minimum Gasteiger partial charge on any atom is -0.304 e. The second-order valence-electron chi connectivity index (χ2n) is 4.47. The van der Waals surface area contributed by atoms with Gasteiger partial charge in [0.05, 0.1) is 6.54 Å². The van der Waals surface area contributed by atoms with Crippen LogP contribution in [0.15, 0.2) is 0 Å². The van der Waals surface area contributed by atoms with Gasteiger partial charge in [-0.05, 0) is 52.0 Å². The fourth-order valence-electron chi connectivity index (χ4n) is 2.13. The Morgan fingerprint density at radius 1 is 1.06 bits per heavy atom. The van der Waals surface area contributed by atoms with Crippen molar-refractivity contribution >= 4 is 0 Å². The maximum absolute atomic E-state index is 3.30. The van der Waals surface area contributed by atoms with Crippen LogP contribution in [-0.4, -0.2) is 49.1 Å². The summed E-state index contributed by atoms with van der Waals surface area (Å²) in [7, 11) is 0. The van der Waals surface area contributed by atoms with Gasteiger partial charge in [0, 0.05) is 6.42 Å². The summed E-state index contributed by atoms with van der Waals surface area (Å²) in [4.78, 5) is 4.92. The second-order valence-corrected chi connectivity index (χ2v) is 4.47. The number of unbranched alkanes of at least 4 members (excludes halogenated alkanes) is 1. The normalized spacial score (nSPS) is 16.4. The second kappa shape index (κ2) is 8.61. The lowest BCUT2D eigenvalue weighted by molar-refractivity contribution is 0.301. The number of nitrogens with zero attached hydrogens (tertiary/aromatic N) is 2. The lowest BCUT2D eigenvalue weighted by Gasteiger charge is -2.16. The van der Waals surface area contributed by atoms with Crippen molar-refractivity contribution in [3.8, 4) is 11.8 Å². The molecule has 1 rings (SSSR count). The van der Waals surface area contributed by atoms with E-state index in [1.54, 1.807) is 0 Å². The fourth-order valence-corrected chi connectivity index (χ4v) is 2.13. The topological polar surface area (TPSA) is 6.48 Å². The van der Waals surface area contributed by atoms with E-state index in [4.69, 9.17) is 0 Å². The highest BCUT2D eigenvalue weighted by molar-refractivity contribution is 5.01. The Labute approximate surface area is 101 Å². The van der Waals surface area contributed by atoms with E-state index in [1.807, 2.05) is 0 Å². The maximum atomic E-state index is 3.30. The van der Waals surface area contributed by atoms with Crippen LogP contribution in [-0.2, 0) is 0 Å². The Kier molecular flexibility index (Phi) is 7.29. The average molecular weight is 222 g/mol. The summed E-state index contributed by atoms with van der Waals surface area (Å²) in [6.07, 6.45) is 5.01. The Balaban J connectivity index is 1.99. The molecule has 0 spiro atoms. The van der Waals surface area contributed by atoms with Crippen LogP contribution in [0.5, 0.6) is 0 Å². The number of hydrogen-bond acceptors (Lipinski definition) is 2. The smallest absolute Gasteiger partial charge is 0.0601 e. The van der Waals surface area contributed by atoms with Crippen LogP contribution in [0, 0.1) is 11.8 Å². The van der Waals surface area contributed by atoms with Gasteiger partial charge in [0.25, 0.3) is 0 Å². The first-order chi connectivity index (χ1) is 7.86. The van der Waals surface area contributed by atoms with E-state index in [0.29, 0.717) is 0 Å². The highest BCUT2D eigenvalue weighted by atomic mass is 15.1. The predicted molar refractivity (Wildman–Crippen MR) is 70.5 cm³/mol. The third-order valence-electron chi connectivity index (χ3n) is 3.30. The van der Waals surface area contributed by atoms with Gasteiger partial charge in [0.2, 0.25) is 0 Å². The molecule has 2 heteroatoms. The molecule has 1 aliphatic rings. The van der Waals surface area contributed by atoms with Gasteiger partial charge in [-0.3, -0.25) is 4.90 Å². The third-order valence-corrected chi connectivity index (χ3v) is 3.30. The molecule has 1 fully saturated rings. The van der Waals surface area contributed by atoms with Gasteiger partial charge in [-0.25, -0.2) is 0 Å². The van der Waals surface area contributed by atoms with Gasteiger partial charge < -0.3 is 4.90 Å². The van der Waals surface area contributed by atoms with E-state index < -0.39 is 0 Å². The zero-order valence-corrected chi connectivity index (χ0v) is 11.0. The molecule has 0 atom stereocenters. The van der Waals surface area contributed by atoms with Crippen LogP contribution < -0.4 is 0 Å². The van der Waals surface area contributed by atoms with E-state index in [9.17, 15) is 0 Å². The molecule has 0 unspecified atom stereocenters. The van der Waals surface area contributed by atoms with E-state index in [-0.39, 0.29) is 0 Å². The summed E-state index contributed by atoms with van der Waals surface area (Å²) in [6, 6.07) is 0. The summed E-state index contributed by atoms with van der Waals surface area (Å²) in [5.74, 6) is 6.59. The van der Waals surface area contributed by atoms with Gasteiger partial charge in [0.1, 0.15) is 0 Å². The van der Waals surface area contributed by atoms with E-state index in [0.717, 1.165) is 26.1 Å². The third kappa shape index (κ3) is 5.53. The van der Waals surface area contributed by atoms with Crippen LogP contribution in [0.3, 0.4) is 0 Å². The van der Waals surface area contributed by atoms with Crippen molar-refractivity contribution in [3.63, 3.8) is 0 Å². The van der Waals surface area contributed by atoms with Gasteiger partial charge in [-0.1, -0.05) is 19.8 Å². The van der Waals surface area contributed by atoms with Crippen LogP contribution in [0.2, 0.25) is 0 Å². The van der Waals surface area contributed by atoms with Crippen molar-refractivity contribution < 1.29 is 0 Å². The molecule has 1 saturated heterocycles. The SMILES string of the molecule is CCN(CC)CCCC#CCN1CCCC1. The van der Waals surface area contributed by atoms with Gasteiger partial charge in [-0.15, -0.1) is 5.92 Å². The van der Waals surface area contributed by atoms with Crippen LogP contribution in [0.25, 0.3) is 0 Å². The molecule has 0 amide bonds. The molecule has 1 heterocycles. The molecule has 0 bridgehead atoms. The zero-order valence-electron chi connectivity index (χ0n) is 11.0. The molecule has 0 aromatic heterocycles. The minimum absolute atomic E-state index is 0.991. The Bertz CT molecular complexity index is 217. The quantitative estimate of drug-likeness (QED) is 0.502. The number of hydrogen-bond donors (Lipinski definition) is 0. The van der Waals surface area contributed by atoms with Gasteiger partial charge in [0.15, 0.2) is 0 Å². The van der Waals surface area contributed by atoms with Crippen molar-refractivity contribution in [1.82, 2.24) is 9.80 Å². The highest BCUT2D eigenvalue weighted by Gasteiger charge is 2.08. The molecule has 0 aliphatic carbocycles. The highest BCUT2D eigenvalue weighted by Crippen LogP contribution is 2.05. The first kappa shape index (κ1) is 13.5. The molecule has 16 heavy (non-hydrogen) atoms. The van der Waals surface area contributed by atoms with Crippen LogP contribution in [0.4, 0.5) is 0 Å².